The summed E-state index contributed by atoms with van der Waals surface area (Å²) < 4.78 is 28.9. The van der Waals surface area contributed by atoms with Gasteiger partial charge in [0.15, 0.2) is 0 Å². The predicted octanol–water partition coefficient (Wildman–Crippen LogP) is 4.86. The van der Waals surface area contributed by atoms with Crippen molar-refractivity contribution in [1.82, 2.24) is 24.8 Å². The molecule has 1 saturated carbocycles. The summed E-state index contributed by atoms with van der Waals surface area (Å²) in [5, 5.41) is 17.1. The van der Waals surface area contributed by atoms with Crippen molar-refractivity contribution in [2.24, 2.45) is 0 Å². The quantitative estimate of drug-likeness (QED) is 0.383. The topological polar surface area (TPSA) is 78.2 Å². The predicted molar refractivity (Wildman–Crippen MR) is 146 cm³/mol. The van der Waals surface area contributed by atoms with Gasteiger partial charge in [0, 0.05) is 62.1 Å². The molecule has 1 atom stereocenters. The summed E-state index contributed by atoms with van der Waals surface area (Å²) in [7, 11) is 0. The van der Waals surface area contributed by atoms with Gasteiger partial charge in [-0.2, -0.15) is 4.98 Å². The first-order valence-electron chi connectivity index (χ1n) is 13.1. The van der Waals surface area contributed by atoms with Gasteiger partial charge in [-0.1, -0.05) is 31.2 Å². The molecule has 1 aromatic carbocycles. The first kappa shape index (κ1) is 27.7. The van der Waals surface area contributed by atoms with Crippen LogP contribution in [-0.2, 0) is 6.54 Å². The van der Waals surface area contributed by atoms with Crippen LogP contribution in [0.25, 0.3) is 22.2 Å². The number of aliphatic hydroxyl groups excluding tert-OH is 1. The number of hydrogen-bond donors (Lipinski definition) is 3. The molecule has 5 rings (SSSR count). The summed E-state index contributed by atoms with van der Waals surface area (Å²) in [6, 6.07) is 7.88. The highest BCUT2D eigenvalue weighted by atomic mass is 35.5. The van der Waals surface area contributed by atoms with Crippen LogP contribution in [-0.4, -0.2) is 69.3 Å². The molecule has 1 aliphatic heterocycles. The van der Waals surface area contributed by atoms with Crippen molar-refractivity contribution in [2.45, 2.75) is 70.2 Å². The smallest absolute Gasteiger partial charge is 0.258 e. The van der Waals surface area contributed by atoms with Crippen LogP contribution in [0.15, 0.2) is 36.7 Å². The van der Waals surface area contributed by atoms with E-state index >= 15 is 0 Å². The summed E-state index contributed by atoms with van der Waals surface area (Å²) in [6.07, 6.45) is 4.63. The third-order valence-corrected chi connectivity index (χ3v) is 7.57. The van der Waals surface area contributed by atoms with Crippen LogP contribution in [0.4, 0.5) is 14.7 Å². The number of benzene rings is 1. The van der Waals surface area contributed by atoms with Crippen molar-refractivity contribution in [1.29, 1.82) is 0 Å². The molecule has 2 aliphatic rings. The maximum atomic E-state index is 13.4. The van der Waals surface area contributed by atoms with E-state index in [1.165, 1.54) is 5.56 Å². The van der Waals surface area contributed by atoms with Crippen LogP contribution in [0.2, 0.25) is 0 Å². The molecule has 0 spiro atoms. The first-order chi connectivity index (χ1) is 17.5. The molecule has 2 aromatic heterocycles. The molecule has 0 radical (unpaired) electrons. The summed E-state index contributed by atoms with van der Waals surface area (Å²) in [6.45, 7) is 6.84. The lowest BCUT2D eigenvalue weighted by Crippen LogP contribution is -2.42. The van der Waals surface area contributed by atoms with Gasteiger partial charge in [0.1, 0.15) is 5.65 Å². The highest BCUT2D eigenvalue weighted by Gasteiger charge is 2.25. The Morgan fingerprint density at radius 2 is 1.81 bits per heavy atom. The summed E-state index contributed by atoms with van der Waals surface area (Å²) in [5.41, 5.74) is 4.16. The molecule has 37 heavy (non-hydrogen) atoms. The van der Waals surface area contributed by atoms with E-state index in [-0.39, 0.29) is 36.9 Å². The Bertz CT molecular complexity index is 1140. The second-order valence-electron chi connectivity index (χ2n) is 10.1. The Kier molecular flexibility index (Phi) is 9.34. The number of rotatable bonds is 8. The van der Waals surface area contributed by atoms with Crippen molar-refractivity contribution in [3.05, 3.63) is 42.2 Å². The highest BCUT2D eigenvalue weighted by molar-refractivity contribution is 5.94. The van der Waals surface area contributed by atoms with Crippen LogP contribution >= 0.6 is 12.4 Å². The van der Waals surface area contributed by atoms with Gasteiger partial charge in [0.05, 0.1) is 12.1 Å². The molecule has 7 nitrogen and oxygen atoms in total. The minimum absolute atomic E-state index is 0. The Hall–Kier alpha value is -2.33. The van der Waals surface area contributed by atoms with E-state index < -0.39 is 12.5 Å². The number of piperazine rings is 1. The Morgan fingerprint density at radius 1 is 1.11 bits per heavy atom. The summed E-state index contributed by atoms with van der Waals surface area (Å²) in [5.74, 6) is 0.225. The van der Waals surface area contributed by atoms with Gasteiger partial charge in [0.2, 0.25) is 5.95 Å². The van der Waals surface area contributed by atoms with E-state index in [2.05, 4.69) is 55.5 Å². The second kappa shape index (κ2) is 12.5. The molecule has 3 N–H and O–H groups in total. The number of fused-ring (bicyclic) bond motifs is 1. The molecule has 10 heteroatoms. The van der Waals surface area contributed by atoms with E-state index in [1.54, 1.807) is 13.1 Å². The van der Waals surface area contributed by atoms with Crippen LogP contribution < -0.4 is 10.6 Å². The molecular formula is C27H37ClF2N6O. The summed E-state index contributed by atoms with van der Waals surface area (Å²) in [4.78, 5) is 11.6. The van der Waals surface area contributed by atoms with Gasteiger partial charge in [-0.3, -0.25) is 4.90 Å². The molecule has 1 aliphatic carbocycles. The maximum Gasteiger partial charge on any atom is 0.258 e. The van der Waals surface area contributed by atoms with E-state index in [1.807, 2.05) is 0 Å². The van der Waals surface area contributed by atoms with Crippen molar-refractivity contribution in [2.75, 3.05) is 31.5 Å². The average molecular weight is 535 g/mol. The fourth-order valence-corrected chi connectivity index (χ4v) is 5.37. The van der Waals surface area contributed by atoms with Gasteiger partial charge in [-0.25, -0.2) is 13.8 Å². The molecular weight excluding hydrogens is 498 g/mol. The van der Waals surface area contributed by atoms with E-state index in [9.17, 15) is 13.9 Å². The monoisotopic (exact) mass is 534 g/mol. The van der Waals surface area contributed by atoms with Gasteiger partial charge in [-0.05, 0) is 43.2 Å². The number of halogens is 3. The lowest BCUT2D eigenvalue weighted by atomic mass is 9.93. The number of nitrogens with one attached hydrogen (secondary N) is 2. The second-order valence-corrected chi connectivity index (χ2v) is 10.1. The normalized spacial score (nSPS) is 21.6. The van der Waals surface area contributed by atoms with Crippen molar-refractivity contribution >= 4 is 29.4 Å². The first-order valence-corrected chi connectivity index (χ1v) is 13.1. The minimum atomic E-state index is -2.49. The zero-order valence-electron chi connectivity index (χ0n) is 21.2. The highest BCUT2D eigenvalue weighted by Crippen LogP contribution is 2.37. The van der Waals surface area contributed by atoms with Gasteiger partial charge >= 0.3 is 0 Å². The van der Waals surface area contributed by atoms with E-state index in [0.717, 1.165) is 80.6 Å². The molecule has 202 valence electrons. The fraction of sp³-hybridized carbons (Fsp3) is 0.556. The van der Waals surface area contributed by atoms with E-state index in [0.29, 0.717) is 0 Å². The molecule has 2 fully saturated rings. The Morgan fingerprint density at radius 3 is 2.46 bits per heavy atom. The molecule has 0 amide bonds. The molecule has 0 unspecified atom stereocenters. The SMILES string of the molecule is CC[C@H](Nc1ncc2c(-c3ccc(CN4CCNCC4)cc3)cn([C@H]3CC[C@H](O)CC3)c2n1)C(F)F.Cl. The largest absolute Gasteiger partial charge is 0.393 e. The third-order valence-electron chi connectivity index (χ3n) is 7.57. The van der Waals surface area contributed by atoms with Gasteiger partial charge in [-0.15, -0.1) is 12.4 Å². The number of anilines is 1. The van der Waals surface area contributed by atoms with Crippen LogP contribution in [0.5, 0.6) is 0 Å². The van der Waals surface area contributed by atoms with Crippen LogP contribution in [0.1, 0.15) is 50.6 Å². The number of alkyl halides is 2. The zero-order chi connectivity index (χ0) is 25.1. The van der Waals surface area contributed by atoms with Crippen molar-refractivity contribution in [3.8, 4) is 11.1 Å². The lowest BCUT2D eigenvalue weighted by molar-refractivity contribution is 0.111. The maximum absolute atomic E-state index is 13.4. The average Bonchev–Trinajstić information content (AvgIpc) is 3.27. The molecule has 0 bridgehead atoms. The van der Waals surface area contributed by atoms with Crippen LogP contribution in [0.3, 0.4) is 0 Å². The molecule has 3 aromatic rings. The Balaban J connectivity index is 0.00000320. The van der Waals surface area contributed by atoms with Crippen molar-refractivity contribution in [3.63, 3.8) is 0 Å². The fourth-order valence-electron chi connectivity index (χ4n) is 5.37. The van der Waals surface area contributed by atoms with E-state index in [4.69, 9.17) is 4.98 Å². The zero-order valence-corrected chi connectivity index (χ0v) is 22.1. The standard InChI is InChI=1S/C27H36F2N6O.ClH/c1-2-24(25(28)29)32-27-31-15-22-23(17-35(26(22)33-27)20-7-9-21(36)10-8-20)19-5-3-18(4-6-19)16-34-13-11-30-12-14-34;/h3-6,15,17,20-21,24-25,30,36H,2,7-14,16H2,1H3,(H,31,32,33);1H/t20-,21-,24-;/m0./s1. The number of aromatic nitrogens is 3. The van der Waals surface area contributed by atoms with Gasteiger partial charge < -0.3 is 20.3 Å². The third kappa shape index (κ3) is 6.39. The van der Waals surface area contributed by atoms with Crippen molar-refractivity contribution < 1.29 is 13.9 Å². The summed E-state index contributed by atoms with van der Waals surface area (Å²) >= 11 is 0. The minimum Gasteiger partial charge on any atom is -0.393 e. The van der Waals surface area contributed by atoms with Gasteiger partial charge in [0.25, 0.3) is 6.43 Å². The number of aliphatic hydroxyl groups is 1. The number of nitrogens with zero attached hydrogens (tertiary/aromatic N) is 4. The Labute approximate surface area is 223 Å². The molecule has 3 heterocycles. The lowest BCUT2D eigenvalue weighted by Gasteiger charge is -2.27. The van der Waals surface area contributed by atoms with Crippen LogP contribution in [0, 0.1) is 0 Å². The number of hydrogen-bond acceptors (Lipinski definition) is 6. The molecule has 1 saturated heterocycles.